The summed E-state index contributed by atoms with van der Waals surface area (Å²) < 4.78 is 7.10. The van der Waals surface area contributed by atoms with Gasteiger partial charge in [0, 0.05) is 83.6 Å². The van der Waals surface area contributed by atoms with Gasteiger partial charge in [-0.2, -0.15) is 0 Å². The molecule has 0 saturated heterocycles. The lowest BCUT2D eigenvalue weighted by molar-refractivity contribution is 0.718. The zero-order valence-electron chi connectivity index (χ0n) is 38.0. The molecule has 7 heterocycles. The summed E-state index contributed by atoms with van der Waals surface area (Å²) >= 11 is 1.85. The molecule has 16 rings (SSSR count). The molecule has 2 aliphatic rings. The molecular weight excluding hydrogens is 885 g/mol. The molecule has 0 N–H and O–H groups in total. The first-order valence-corrected chi connectivity index (χ1v) is 24.9. The van der Waals surface area contributed by atoms with Crippen molar-refractivity contribution >= 4 is 77.2 Å². The second-order valence-corrected chi connectivity index (χ2v) is 19.8. The van der Waals surface area contributed by atoms with Crippen molar-refractivity contribution in [2.45, 2.75) is 15.2 Å². The second-order valence-electron chi connectivity index (χ2n) is 18.7. The standard InChI is InChI=1S/C64H38N6S/c1-7-21-53-43(14-1)44-15-2-8-22-54(44)68(53)41-28-30-60-51(36-41)64(49-19-6-12-26-59(49)71-60)50-20-13-32-66-62(50)63-52(64)35-40(38-67-63)39-27-29-58-48(34-39)47-18-5-11-25-57(47)70(58)61-37-42(31-33-65-61)69-55-23-9-3-16-45(55)46-17-4-10-24-56(46)69/h1-38H. The monoisotopic (exact) mass is 922 g/mol. The SMILES string of the molecule is c1ccc2c(c1)Sc1ccc(-n3c4ccccc4c4ccccc43)cc1C21c2cccnc2-c2ncc(-c3ccc4c(c3)c3ccccc3n4-c3cc(-n4c5ccccc5c5ccccc54)ccn3)cc21. The molecule has 1 aliphatic carbocycles. The Morgan fingerprint density at radius 3 is 1.54 bits per heavy atom. The Balaban J connectivity index is 0.894. The van der Waals surface area contributed by atoms with E-state index >= 15 is 0 Å². The van der Waals surface area contributed by atoms with Crippen molar-refractivity contribution in [2.24, 2.45) is 0 Å². The molecule has 330 valence electrons. The molecule has 0 radical (unpaired) electrons. The molecule has 6 aromatic heterocycles. The lowest BCUT2D eigenvalue weighted by Crippen LogP contribution is -2.32. The highest BCUT2D eigenvalue weighted by Crippen LogP contribution is 2.62. The van der Waals surface area contributed by atoms with E-state index in [2.05, 4.69) is 226 Å². The van der Waals surface area contributed by atoms with Crippen molar-refractivity contribution in [2.75, 3.05) is 0 Å². The maximum atomic E-state index is 5.41. The van der Waals surface area contributed by atoms with Crippen LogP contribution in [-0.2, 0) is 5.41 Å². The van der Waals surface area contributed by atoms with E-state index in [1.54, 1.807) is 0 Å². The van der Waals surface area contributed by atoms with Gasteiger partial charge in [0.15, 0.2) is 0 Å². The van der Waals surface area contributed by atoms with Crippen LogP contribution in [-0.4, -0.2) is 28.7 Å². The van der Waals surface area contributed by atoms with Crippen LogP contribution in [0.4, 0.5) is 0 Å². The van der Waals surface area contributed by atoms with Gasteiger partial charge >= 0.3 is 0 Å². The molecule has 8 aromatic carbocycles. The van der Waals surface area contributed by atoms with Crippen LogP contribution in [0.2, 0.25) is 0 Å². The number of benzene rings is 8. The summed E-state index contributed by atoms with van der Waals surface area (Å²) in [5, 5.41) is 7.28. The largest absolute Gasteiger partial charge is 0.309 e. The highest BCUT2D eigenvalue weighted by Gasteiger charge is 2.52. The third-order valence-corrected chi connectivity index (χ3v) is 16.4. The minimum absolute atomic E-state index is 0.679. The Bertz CT molecular complexity index is 4490. The molecule has 7 heteroatoms. The Morgan fingerprint density at radius 2 is 0.859 bits per heavy atom. The maximum Gasteiger partial charge on any atom is 0.139 e. The second kappa shape index (κ2) is 14.5. The van der Waals surface area contributed by atoms with Gasteiger partial charge in [0.25, 0.3) is 0 Å². The van der Waals surface area contributed by atoms with Crippen LogP contribution in [0.5, 0.6) is 0 Å². The fraction of sp³-hybridized carbons (Fsp3) is 0.0156. The molecule has 0 fully saturated rings. The van der Waals surface area contributed by atoms with E-state index in [1.807, 2.05) is 30.4 Å². The topological polar surface area (TPSA) is 53.5 Å². The fourth-order valence-corrected chi connectivity index (χ4v) is 13.5. The van der Waals surface area contributed by atoms with Crippen molar-refractivity contribution in [3.63, 3.8) is 0 Å². The summed E-state index contributed by atoms with van der Waals surface area (Å²) in [7, 11) is 0. The fourth-order valence-electron chi connectivity index (χ4n) is 12.4. The number of para-hydroxylation sites is 5. The van der Waals surface area contributed by atoms with Crippen molar-refractivity contribution in [1.29, 1.82) is 0 Å². The zero-order chi connectivity index (χ0) is 46.4. The van der Waals surface area contributed by atoms with Gasteiger partial charge in [0.2, 0.25) is 0 Å². The predicted molar refractivity (Wildman–Crippen MR) is 290 cm³/mol. The lowest BCUT2D eigenvalue weighted by atomic mass is 9.67. The number of nitrogens with zero attached hydrogens (tertiary/aromatic N) is 6. The minimum atomic E-state index is -0.679. The molecule has 0 saturated carbocycles. The van der Waals surface area contributed by atoms with E-state index in [0.29, 0.717) is 0 Å². The third kappa shape index (κ3) is 5.25. The van der Waals surface area contributed by atoms with Crippen LogP contribution < -0.4 is 0 Å². The molecule has 0 amide bonds. The van der Waals surface area contributed by atoms with Crippen LogP contribution in [0.15, 0.2) is 241 Å². The van der Waals surface area contributed by atoms with E-state index in [-0.39, 0.29) is 0 Å². The quantitative estimate of drug-likeness (QED) is 0.176. The van der Waals surface area contributed by atoms with E-state index in [1.165, 1.54) is 69.9 Å². The van der Waals surface area contributed by atoms with Gasteiger partial charge in [-0.05, 0) is 107 Å². The molecule has 1 unspecified atom stereocenters. The summed E-state index contributed by atoms with van der Waals surface area (Å²) in [5.41, 5.74) is 17.2. The predicted octanol–water partition coefficient (Wildman–Crippen LogP) is 15.7. The van der Waals surface area contributed by atoms with Crippen LogP contribution in [0.1, 0.15) is 22.3 Å². The smallest absolute Gasteiger partial charge is 0.139 e. The van der Waals surface area contributed by atoms with Crippen molar-refractivity contribution < 1.29 is 0 Å². The number of rotatable bonds is 4. The van der Waals surface area contributed by atoms with Gasteiger partial charge in [-0.25, -0.2) is 4.98 Å². The van der Waals surface area contributed by atoms with E-state index in [9.17, 15) is 0 Å². The van der Waals surface area contributed by atoms with Gasteiger partial charge in [0.1, 0.15) is 5.82 Å². The minimum Gasteiger partial charge on any atom is -0.309 e. The molecule has 1 atom stereocenters. The average molecular weight is 923 g/mol. The summed E-state index contributed by atoms with van der Waals surface area (Å²) in [5.74, 6) is 0.863. The van der Waals surface area contributed by atoms with Gasteiger partial charge in [-0.3, -0.25) is 14.5 Å². The Hall–Kier alpha value is -9.04. The Morgan fingerprint density at radius 1 is 0.324 bits per heavy atom. The first kappa shape index (κ1) is 38.9. The van der Waals surface area contributed by atoms with Gasteiger partial charge in [-0.1, -0.05) is 133 Å². The highest BCUT2D eigenvalue weighted by molar-refractivity contribution is 7.99. The number of hydrogen-bond donors (Lipinski definition) is 0. The maximum absolute atomic E-state index is 5.41. The van der Waals surface area contributed by atoms with Crippen LogP contribution in [0.25, 0.3) is 105 Å². The van der Waals surface area contributed by atoms with E-state index in [4.69, 9.17) is 15.0 Å². The van der Waals surface area contributed by atoms with Gasteiger partial charge in [0.05, 0.1) is 55.6 Å². The number of fused-ring (bicyclic) bond motifs is 18. The van der Waals surface area contributed by atoms with Gasteiger partial charge < -0.3 is 9.13 Å². The zero-order valence-corrected chi connectivity index (χ0v) is 38.8. The first-order valence-electron chi connectivity index (χ1n) is 24.1. The highest BCUT2D eigenvalue weighted by atomic mass is 32.2. The van der Waals surface area contributed by atoms with E-state index in [0.717, 1.165) is 67.3 Å². The summed E-state index contributed by atoms with van der Waals surface area (Å²) in [6.45, 7) is 0. The normalized spacial score (nSPS) is 14.8. The van der Waals surface area contributed by atoms with Crippen LogP contribution in [0, 0.1) is 0 Å². The summed E-state index contributed by atoms with van der Waals surface area (Å²) in [6.07, 6.45) is 5.90. The Kier molecular flexibility index (Phi) is 7.94. The van der Waals surface area contributed by atoms with Crippen LogP contribution >= 0.6 is 11.8 Å². The molecule has 71 heavy (non-hydrogen) atoms. The molecule has 0 bridgehead atoms. The van der Waals surface area contributed by atoms with E-state index < -0.39 is 5.41 Å². The van der Waals surface area contributed by atoms with Crippen LogP contribution in [0.3, 0.4) is 0 Å². The third-order valence-electron chi connectivity index (χ3n) is 15.2. The summed E-state index contributed by atoms with van der Waals surface area (Å²) in [4.78, 5) is 18.1. The molecule has 1 spiro atoms. The first-order chi connectivity index (χ1) is 35.2. The Labute approximate surface area is 411 Å². The number of pyridine rings is 3. The summed E-state index contributed by atoms with van der Waals surface area (Å²) in [6, 6.07) is 77.5. The van der Waals surface area contributed by atoms with Crippen molar-refractivity contribution in [3.8, 4) is 39.7 Å². The lowest BCUT2D eigenvalue weighted by Gasteiger charge is -2.39. The number of hydrogen-bond acceptors (Lipinski definition) is 4. The van der Waals surface area contributed by atoms with Crippen molar-refractivity contribution in [3.05, 3.63) is 253 Å². The average Bonchev–Trinajstić information content (AvgIpc) is 4.15. The van der Waals surface area contributed by atoms with Crippen molar-refractivity contribution in [1.82, 2.24) is 28.7 Å². The number of aromatic nitrogens is 6. The molecule has 14 aromatic rings. The van der Waals surface area contributed by atoms with Gasteiger partial charge in [-0.15, -0.1) is 0 Å². The molecule has 6 nitrogen and oxygen atoms in total. The molecule has 1 aliphatic heterocycles. The molecular formula is C64H38N6S.